The molecule has 0 N–H and O–H groups in total. The van der Waals surface area contributed by atoms with Gasteiger partial charge in [0.25, 0.3) is 0 Å². The molecule has 0 aromatic carbocycles. The van der Waals surface area contributed by atoms with E-state index in [2.05, 4.69) is 9.88 Å². The third-order valence-electron chi connectivity index (χ3n) is 3.93. The third-order valence-corrected chi connectivity index (χ3v) is 4.28. The first-order valence-electron chi connectivity index (χ1n) is 6.77. The maximum Gasteiger partial charge on any atom is 0.514 e. The van der Waals surface area contributed by atoms with Crippen LogP contribution >= 0.6 is 11.6 Å². The summed E-state index contributed by atoms with van der Waals surface area (Å²) in [6.45, 7) is 8.85. The molecule has 0 bridgehead atoms. The van der Waals surface area contributed by atoms with Crippen molar-refractivity contribution < 1.29 is 9.31 Å². The molecule has 4 nitrogen and oxygen atoms in total. The summed E-state index contributed by atoms with van der Waals surface area (Å²) < 4.78 is 11.9. The van der Waals surface area contributed by atoms with E-state index in [1.807, 2.05) is 47.9 Å². The molecular weight excluding hydrogens is 274 g/mol. The minimum atomic E-state index is -0.467. The molecule has 1 fully saturated rings. The highest BCUT2D eigenvalue weighted by Crippen LogP contribution is 2.36. The molecule has 1 aromatic heterocycles. The average molecular weight is 297 g/mol. The lowest BCUT2D eigenvalue weighted by Crippen LogP contribution is -2.41. The van der Waals surface area contributed by atoms with Gasteiger partial charge in [-0.3, -0.25) is 4.98 Å². The monoisotopic (exact) mass is 296 g/mol. The number of rotatable bonds is 3. The van der Waals surface area contributed by atoms with Gasteiger partial charge in [-0.25, -0.2) is 0 Å². The average Bonchev–Trinajstić information content (AvgIpc) is 2.50. The number of hydrogen-bond acceptors (Lipinski definition) is 4. The van der Waals surface area contributed by atoms with Crippen LogP contribution < -0.4 is 5.59 Å². The normalized spacial score (nSPS) is 20.7. The van der Waals surface area contributed by atoms with Gasteiger partial charge in [-0.1, -0.05) is 11.6 Å². The van der Waals surface area contributed by atoms with Crippen LogP contribution in [0.15, 0.2) is 12.3 Å². The Morgan fingerprint density at radius 1 is 1.20 bits per heavy atom. The summed E-state index contributed by atoms with van der Waals surface area (Å²) in [6.07, 6.45) is 1.79. The summed E-state index contributed by atoms with van der Waals surface area (Å²) in [6, 6.07) is 1.84. The molecule has 1 aromatic rings. The third kappa shape index (κ3) is 3.01. The van der Waals surface area contributed by atoms with E-state index >= 15 is 0 Å². The van der Waals surface area contributed by atoms with Crippen LogP contribution in [0.5, 0.6) is 0 Å². The lowest BCUT2D eigenvalue weighted by atomic mass is 9.84. The number of pyridine rings is 1. The van der Waals surface area contributed by atoms with Gasteiger partial charge < -0.3 is 14.2 Å². The maximum atomic E-state index is 6.32. The Morgan fingerprint density at radius 2 is 1.75 bits per heavy atom. The van der Waals surface area contributed by atoms with Crippen molar-refractivity contribution in [3.8, 4) is 0 Å². The molecule has 6 heteroatoms. The van der Waals surface area contributed by atoms with Crippen molar-refractivity contribution >= 4 is 24.3 Å². The van der Waals surface area contributed by atoms with Crippen LogP contribution in [0, 0.1) is 0 Å². The van der Waals surface area contributed by atoms with Gasteiger partial charge in [0.15, 0.2) is 0 Å². The predicted octanol–water partition coefficient (Wildman–Crippen LogP) is 2.10. The molecule has 1 aliphatic rings. The summed E-state index contributed by atoms with van der Waals surface area (Å²) in [5, 5.41) is 0.693. The molecule has 0 aliphatic carbocycles. The molecule has 1 saturated heterocycles. The van der Waals surface area contributed by atoms with Gasteiger partial charge in [-0.05, 0) is 47.9 Å². The van der Waals surface area contributed by atoms with E-state index in [0.717, 1.165) is 17.7 Å². The zero-order valence-electron chi connectivity index (χ0n) is 13.0. The highest BCUT2D eigenvalue weighted by atomic mass is 35.5. The van der Waals surface area contributed by atoms with E-state index < -0.39 is 7.12 Å². The van der Waals surface area contributed by atoms with Crippen molar-refractivity contribution in [3.05, 3.63) is 22.8 Å². The molecule has 0 atom stereocenters. The Hall–Kier alpha value is -0.615. The molecule has 0 unspecified atom stereocenters. The van der Waals surface area contributed by atoms with Crippen molar-refractivity contribution in [2.75, 3.05) is 14.1 Å². The van der Waals surface area contributed by atoms with Gasteiger partial charge in [-0.15, -0.1) is 0 Å². The first-order valence-corrected chi connectivity index (χ1v) is 7.15. The first-order chi connectivity index (χ1) is 9.12. The van der Waals surface area contributed by atoms with Crippen molar-refractivity contribution in [3.63, 3.8) is 0 Å². The largest absolute Gasteiger partial charge is 0.514 e. The Labute approximate surface area is 126 Å². The highest BCUT2D eigenvalue weighted by molar-refractivity contribution is 6.61. The van der Waals surface area contributed by atoms with Crippen LogP contribution in [0.1, 0.15) is 33.3 Å². The van der Waals surface area contributed by atoms with Gasteiger partial charge in [0, 0.05) is 23.3 Å². The van der Waals surface area contributed by atoms with Crippen molar-refractivity contribution in [2.24, 2.45) is 0 Å². The van der Waals surface area contributed by atoms with Crippen LogP contribution in [-0.2, 0) is 15.9 Å². The molecule has 0 saturated carbocycles. The zero-order chi connectivity index (χ0) is 15.1. The van der Waals surface area contributed by atoms with Crippen LogP contribution in [0.2, 0.25) is 5.02 Å². The van der Waals surface area contributed by atoms with E-state index in [0.29, 0.717) is 5.02 Å². The van der Waals surface area contributed by atoms with Gasteiger partial charge >= 0.3 is 7.12 Å². The van der Waals surface area contributed by atoms with Gasteiger partial charge in [0.05, 0.1) is 16.8 Å². The molecule has 0 spiro atoms. The van der Waals surface area contributed by atoms with E-state index in [-0.39, 0.29) is 11.2 Å². The Bertz CT molecular complexity index is 490. The Morgan fingerprint density at radius 3 is 2.20 bits per heavy atom. The van der Waals surface area contributed by atoms with Crippen molar-refractivity contribution in [1.29, 1.82) is 0 Å². The van der Waals surface area contributed by atoms with E-state index in [1.54, 1.807) is 6.20 Å². The first kappa shape index (κ1) is 15.8. The van der Waals surface area contributed by atoms with Crippen molar-refractivity contribution in [2.45, 2.75) is 45.4 Å². The Kier molecular flexibility index (Phi) is 4.18. The topological polar surface area (TPSA) is 34.6 Å². The molecule has 2 rings (SSSR count). The quantitative estimate of drug-likeness (QED) is 0.800. The fraction of sp³-hybridized carbons (Fsp3) is 0.643. The second-order valence-corrected chi connectivity index (χ2v) is 6.93. The number of halogens is 1. The summed E-state index contributed by atoms with van der Waals surface area (Å²) >= 11 is 6.32. The second kappa shape index (κ2) is 5.30. The number of aromatic nitrogens is 1. The molecule has 20 heavy (non-hydrogen) atoms. The summed E-state index contributed by atoms with van der Waals surface area (Å²) in [5.74, 6) is 0. The summed E-state index contributed by atoms with van der Waals surface area (Å²) in [7, 11) is 3.53. The lowest BCUT2D eigenvalue weighted by Gasteiger charge is -2.32. The number of hydrogen-bond donors (Lipinski definition) is 0. The molecule has 0 radical (unpaired) electrons. The van der Waals surface area contributed by atoms with Gasteiger partial charge in [0.1, 0.15) is 0 Å². The second-order valence-electron chi connectivity index (χ2n) is 6.53. The minimum absolute atomic E-state index is 0.367. The summed E-state index contributed by atoms with van der Waals surface area (Å²) in [4.78, 5) is 6.50. The number of nitrogens with zero attached hydrogens (tertiary/aromatic N) is 2. The van der Waals surface area contributed by atoms with Gasteiger partial charge in [0.2, 0.25) is 0 Å². The van der Waals surface area contributed by atoms with Crippen LogP contribution in [0.25, 0.3) is 0 Å². The maximum absolute atomic E-state index is 6.32. The molecule has 1 aliphatic heterocycles. The van der Waals surface area contributed by atoms with Crippen LogP contribution in [-0.4, -0.2) is 42.3 Å². The zero-order valence-corrected chi connectivity index (χ0v) is 13.8. The van der Waals surface area contributed by atoms with Crippen molar-refractivity contribution in [1.82, 2.24) is 9.88 Å². The highest BCUT2D eigenvalue weighted by Gasteiger charge is 2.52. The minimum Gasteiger partial charge on any atom is -0.398 e. The standard InChI is InChI=1S/C14H22BClN2O2/c1-13(2)14(3,4)20-15(19-13)12-7-11(16)10(8-17-12)9-18(5)6/h7-8H,9H2,1-6H3. The molecule has 0 amide bonds. The SMILES string of the molecule is CN(C)Cc1cnc(B2OC(C)(C)C(C)(C)O2)cc1Cl. The fourth-order valence-corrected chi connectivity index (χ4v) is 2.24. The van der Waals surface area contributed by atoms with E-state index in [4.69, 9.17) is 20.9 Å². The van der Waals surface area contributed by atoms with Crippen LogP contribution in [0.4, 0.5) is 0 Å². The molecule has 110 valence electrons. The van der Waals surface area contributed by atoms with E-state index in [9.17, 15) is 0 Å². The van der Waals surface area contributed by atoms with Crippen LogP contribution in [0.3, 0.4) is 0 Å². The fourth-order valence-electron chi connectivity index (χ4n) is 2.02. The van der Waals surface area contributed by atoms with Gasteiger partial charge in [-0.2, -0.15) is 0 Å². The Balaban J connectivity index is 2.22. The molecular formula is C14H22BClN2O2. The predicted molar refractivity (Wildman–Crippen MR) is 82.4 cm³/mol. The molecule has 2 heterocycles. The van der Waals surface area contributed by atoms with E-state index in [1.165, 1.54) is 0 Å². The summed E-state index contributed by atoms with van der Waals surface area (Å²) in [5.41, 5.74) is 0.982. The lowest BCUT2D eigenvalue weighted by molar-refractivity contribution is 0.00578. The smallest absolute Gasteiger partial charge is 0.398 e.